The van der Waals surface area contributed by atoms with E-state index in [4.69, 9.17) is 45.5 Å². The monoisotopic (exact) mass is 756 g/mol. The van der Waals surface area contributed by atoms with Gasteiger partial charge in [0, 0.05) is 31.2 Å². The second-order valence-electron chi connectivity index (χ2n) is 14.1. The third-order valence-corrected chi connectivity index (χ3v) is 11.6. The molecule has 0 radical (unpaired) electrons. The Labute approximate surface area is 326 Å². The number of hydrogen-bond acceptors (Lipinski definition) is 5. The topological polar surface area (TPSA) is 45.2 Å². The third kappa shape index (κ3) is 10.7. The van der Waals surface area contributed by atoms with E-state index in [1.54, 1.807) is 14.2 Å². The van der Waals surface area contributed by atoms with Crippen molar-refractivity contribution in [3.05, 3.63) is 122 Å². The Morgan fingerprint density at radius 2 is 1.21 bits per heavy atom. The molecular weight excluding hydrogens is 704 g/mol. The van der Waals surface area contributed by atoms with E-state index in [1.807, 2.05) is 25.1 Å². The van der Waals surface area contributed by atoms with Gasteiger partial charge in [0.25, 0.3) is 0 Å². The average Bonchev–Trinajstić information content (AvgIpc) is 3.35. The maximum atomic E-state index is 10.0. The van der Waals surface area contributed by atoms with Crippen LogP contribution in [0.1, 0.15) is 82.2 Å². The molecule has 0 bridgehead atoms. The van der Waals surface area contributed by atoms with Gasteiger partial charge < -0.3 is 24.4 Å². The van der Waals surface area contributed by atoms with Gasteiger partial charge in [0.2, 0.25) is 0 Å². The molecule has 52 heavy (non-hydrogen) atoms. The largest absolute Gasteiger partial charge is 0.508 e. The summed E-state index contributed by atoms with van der Waals surface area (Å²) < 4.78 is 10.9. The quantitative estimate of drug-likeness (QED) is 0.162. The van der Waals surface area contributed by atoms with Gasteiger partial charge >= 0.3 is 0 Å². The van der Waals surface area contributed by atoms with Crippen LogP contribution in [0.25, 0.3) is 0 Å². The van der Waals surface area contributed by atoms with Crippen LogP contribution in [0.5, 0.6) is 17.2 Å². The molecule has 2 aliphatic heterocycles. The van der Waals surface area contributed by atoms with E-state index >= 15 is 0 Å². The van der Waals surface area contributed by atoms with Crippen LogP contribution in [-0.4, -0.2) is 52.2 Å². The molecule has 0 fully saturated rings. The van der Waals surface area contributed by atoms with Crippen molar-refractivity contribution in [1.29, 1.82) is 0 Å². The first-order valence-corrected chi connectivity index (χ1v) is 19.6. The number of aryl methyl sites for hydroxylation is 6. The van der Waals surface area contributed by atoms with Gasteiger partial charge in [0.1, 0.15) is 5.75 Å². The van der Waals surface area contributed by atoms with Crippen LogP contribution in [0.3, 0.4) is 0 Å². The number of benzene rings is 4. The number of methoxy groups -OCH3 is 2. The fourth-order valence-electron chi connectivity index (χ4n) is 7.05. The summed E-state index contributed by atoms with van der Waals surface area (Å²) in [4.78, 5) is 6.74. The van der Waals surface area contributed by atoms with E-state index in [9.17, 15) is 5.11 Å². The molecule has 2 heterocycles. The van der Waals surface area contributed by atoms with Crippen molar-refractivity contribution in [3.63, 3.8) is 0 Å². The molecule has 0 aromatic heterocycles. The number of aromatic hydroxyl groups is 1. The molecule has 8 heteroatoms. The first-order valence-electron chi connectivity index (χ1n) is 18.5. The van der Waals surface area contributed by atoms with Gasteiger partial charge in [-0.15, -0.1) is 0 Å². The van der Waals surface area contributed by atoms with Crippen molar-refractivity contribution < 1.29 is 14.6 Å². The zero-order valence-electron chi connectivity index (χ0n) is 31.4. The average molecular weight is 758 g/mol. The van der Waals surface area contributed by atoms with Crippen molar-refractivity contribution in [2.24, 2.45) is 0 Å². The van der Waals surface area contributed by atoms with Gasteiger partial charge in [0.05, 0.1) is 24.2 Å². The van der Waals surface area contributed by atoms with Crippen LogP contribution < -0.4 is 9.47 Å². The van der Waals surface area contributed by atoms with E-state index in [-0.39, 0.29) is 0 Å². The van der Waals surface area contributed by atoms with Crippen LogP contribution in [0.4, 0.5) is 0 Å². The van der Waals surface area contributed by atoms with E-state index in [2.05, 4.69) is 72.2 Å². The zero-order chi connectivity index (χ0) is 37.2. The number of phenols is 1. The van der Waals surface area contributed by atoms with Gasteiger partial charge in [-0.3, -0.25) is 0 Å². The predicted molar refractivity (Wildman–Crippen MR) is 224 cm³/mol. The Kier molecular flexibility index (Phi) is 14.4. The van der Waals surface area contributed by atoms with Crippen LogP contribution >= 0.6 is 36.0 Å². The Balaban J connectivity index is 0.000000202. The van der Waals surface area contributed by atoms with Crippen molar-refractivity contribution in [3.8, 4) is 17.2 Å². The van der Waals surface area contributed by atoms with Crippen molar-refractivity contribution in [1.82, 2.24) is 9.80 Å². The van der Waals surface area contributed by atoms with Crippen molar-refractivity contribution in [2.75, 3.05) is 27.3 Å². The van der Waals surface area contributed by atoms with Crippen molar-refractivity contribution >= 4 is 46.0 Å². The fraction of sp³-hybridized carbons (Fsp3) is 0.409. The van der Waals surface area contributed by atoms with Gasteiger partial charge in [-0.25, -0.2) is 0 Å². The van der Waals surface area contributed by atoms with Gasteiger partial charge in [0.15, 0.2) is 11.5 Å². The summed E-state index contributed by atoms with van der Waals surface area (Å²) in [6.45, 7) is 9.94. The lowest BCUT2D eigenvalue weighted by Crippen LogP contribution is -2.34. The second-order valence-corrected chi connectivity index (χ2v) is 15.5. The Hall–Kier alpha value is -3.65. The number of thiocarbonyl (C=S) groups is 2. The maximum Gasteiger partial charge on any atom is 0.161 e. The summed E-state index contributed by atoms with van der Waals surface area (Å²) in [5.41, 5.74) is 11.6. The second kappa shape index (κ2) is 18.9. The summed E-state index contributed by atoms with van der Waals surface area (Å²) in [6, 6.07) is 23.0. The van der Waals surface area contributed by atoms with E-state index < -0.39 is 0 Å². The van der Waals surface area contributed by atoms with Crippen LogP contribution in [0, 0.1) is 20.8 Å². The van der Waals surface area contributed by atoms with Crippen LogP contribution in [0.15, 0.2) is 66.7 Å². The molecule has 0 saturated carbocycles. The lowest BCUT2D eigenvalue weighted by Gasteiger charge is -2.31. The van der Waals surface area contributed by atoms with Gasteiger partial charge in [-0.05, 0) is 159 Å². The SMILES string of the molecule is COc1cc2c(cc1OC)CN(C(=S)CCCc1ccc(C)c(C)c1)CC2.Cc1cc2c(cc1O)CN(C(=S)CCCc1ccc(Cl)cc1)CCC2. The molecule has 2 aliphatic rings. The molecule has 5 nitrogen and oxygen atoms in total. The number of rotatable bonds is 10. The molecule has 4 aromatic carbocycles. The number of halogens is 1. The maximum absolute atomic E-state index is 10.0. The predicted octanol–water partition coefficient (Wildman–Crippen LogP) is 10.5. The van der Waals surface area contributed by atoms with Crippen LogP contribution in [0.2, 0.25) is 5.02 Å². The highest BCUT2D eigenvalue weighted by Crippen LogP contribution is 2.34. The summed E-state index contributed by atoms with van der Waals surface area (Å²) in [5.74, 6) is 1.98. The van der Waals surface area contributed by atoms with E-state index in [0.29, 0.717) is 5.75 Å². The van der Waals surface area contributed by atoms with Gasteiger partial charge in [-0.1, -0.05) is 72.4 Å². The summed E-state index contributed by atoms with van der Waals surface area (Å²) in [6.07, 6.45) is 9.27. The molecule has 4 aromatic rings. The molecular formula is C44H53ClN2O3S2. The molecule has 0 unspecified atom stereocenters. The molecule has 0 amide bonds. The minimum Gasteiger partial charge on any atom is -0.508 e. The summed E-state index contributed by atoms with van der Waals surface area (Å²) in [7, 11) is 3.37. The molecule has 0 atom stereocenters. The van der Waals surface area contributed by atoms with E-state index in [0.717, 1.165) is 116 Å². The van der Waals surface area contributed by atoms with Crippen molar-refractivity contribution in [2.45, 2.75) is 91.6 Å². The number of phenolic OH excluding ortho intramolecular Hbond substituents is 1. The lowest BCUT2D eigenvalue weighted by atomic mass is 9.98. The molecule has 6 rings (SSSR count). The number of ether oxygens (including phenoxy) is 2. The van der Waals surface area contributed by atoms with Crippen LogP contribution in [-0.2, 0) is 38.8 Å². The zero-order valence-corrected chi connectivity index (χ0v) is 33.8. The Morgan fingerprint density at radius 1 is 0.654 bits per heavy atom. The number of fused-ring (bicyclic) bond motifs is 2. The first-order chi connectivity index (χ1) is 25.0. The smallest absolute Gasteiger partial charge is 0.161 e. The lowest BCUT2D eigenvalue weighted by molar-refractivity contribution is 0.348. The first kappa shape index (κ1) is 39.6. The van der Waals surface area contributed by atoms with E-state index in [1.165, 1.54) is 44.5 Å². The minimum absolute atomic E-state index is 0.384. The highest BCUT2D eigenvalue weighted by molar-refractivity contribution is 7.80. The minimum atomic E-state index is 0.384. The third-order valence-electron chi connectivity index (χ3n) is 10.4. The highest BCUT2D eigenvalue weighted by atomic mass is 35.5. The van der Waals surface area contributed by atoms with Gasteiger partial charge in [-0.2, -0.15) is 0 Å². The normalized spacial score (nSPS) is 13.7. The molecule has 1 N–H and O–H groups in total. The summed E-state index contributed by atoms with van der Waals surface area (Å²) in [5, 5.41) is 10.8. The molecule has 0 spiro atoms. The highest BCUT2D eigenvalue weighted by Gasteiger charge is 2.21. The Bertz CT molecular complexity index is 1860. The standard InChI is InChI=1S/C23H29NO2S.C21H24ClNOS/c1-16-8-9-18(12-17(16)2)6-5-7-23(27)24-11-10-19-13-21(25-3)22(26-4)14-20(19)15-24;1-15-12-17-5-3-11-23(14-18(17)13-20(15)24)21(25)6-2-4-16-7-9-19(22)10-8-16/h8-9,12-14H,5-7,10-11,15H2,1-4H3;7-10,12-13,24H,2-6,11,14H2,1H3. The molecule has 0 saturated heterocycles. The molecule has 0 aliphatic carbocycles. The Morgan fingerprint density at radius 3 is 1.85 bits per heavy atom. The number of nitrogens with zero attached hydrogens (tertiary/aromatic N) is 2. The summed E-state index contributed by atoms with van der Waals surface area (Å²) >= 11 is 17.4. The molecule has 276 valence electrons. The fourth-order valence-corrected chi connectivity index (χ4v) is 7.77. The number of hydrogen-bond donors (Lipinski definition) is 1.